The molecule has 1 aliphatic rings. The lowest BCUT2D eigenvalue weighted by Gasteiger charge is -2.24. The minimum atomic E-state index is -0.0912. The molecule has 0 unspecified atom stereocenters. The Morgan fingerprint density at radius 3 is 2.77 bits per heavy atom. The van der Waals surface area contributed by atoms with Crippen molar-refractivity contribution in [2.45, 2.75) is 19.2 Å². The monoisotopic (exact) mass is 349 g/mol. The van der Waals surface area contributed by atoms with Gasteiger partial charge in [0, 0.05) is 49.6 Å². The maximum absolute atomic E-state index is 6.42. The van der Waals surface area contributed by atoms with Gasteiger partial charge < -0.3 is 9.47 Å². The van der Waals surface area contributed by atoms with Crippen LogP contribution in [-0.2, 0) is 20.1 Å². The zero-order chi connectivity index (χ0) is 17.9. The Labute approximate surface area is 153 Å². The molecule has 1 atom stereocenters. The third kappa shape index (κ3) is 3.44. The van der Waals surface area contributed by atoms with Crippen LogP contribution in [0.5, 0.6) is 11.5 Å². The normalized spacial score (nSPS) is 17.2. The van der Waals surface area contributed by atoms with Crippen LogP contribution >= 0.6 is 0 Å². The van der Waals surface area contributed by atoms with Gasteiger partial charge >= 0.3 is 0 Å². The summed E-state index contributed by atoms with van der Waals surface area (Å²) in [5.41, 5.74) is 3.47. The van der Waals surface area contributed by atoms with Crippen molar-refractivity contribution in [3.63, 3.8) is 0 Å². The van der Waals surface area contributed by atoms with Gasteiger partial charge in [0.2, 0.25) is 0 Å². The maximum Gasteiger partial charge on any atom is 0.140 e. The Hall–Kier alpha value is -2.79. The first-order valence-corrected chi connectivity index (χ1v) is 8.80. The van der Waals surface area contributed by atoms with Gasteiger partial charge in [0.05, 0.1) is 13.3 Å². The van der Waals surface area contributed by atoms with Crippen molar-refractivity contribution in [3.8, 4) is 11.5 Å². The largest absolute Gasteiger partial charge is 0.496 e. The van der Waals surface area contributed by atoms with Gasteiger partial charge in [-0.1, -0.05) is 36.4 Å². The SMILES string of the molecule is COc1ccccc1[C@@H]1CN(Cc2cnn(C)c2)Cc2ccccc2O1. The highest BCUT2D eigenvalue weighted by Crippen LogP contribution is 2.35. The number of aromatic nitrogens is 2. The molecule has 3 aromatic rings. The van der Waals surface area contributed by atoms with Gasteiger partial charge in [-0.25, -0.2) is 0 Å². The summed E-state index contributed by atoms with van der Waals surface area (Å²) in [5.74, 6) is 1.80. The third-order valence-corrected chi connectivity index (χ3v) is 4.71. The van der Waals surface area contributed by atoms with Crippen LogP contribution in [0.1, 0.15) is 22.8 Å². The number of nitrogens with zero attached hydrogens (tertiary/aromatic N) is 3. The molecule has 0 radical (unpaired) electrons. The molecule has 0 amide bonds. The summed E-state index contributed by atoms with van der Waals surface area (Å²) in [7, 11) is 3.65. The van der Waals surface area contributed by atoms with E-state index in [9.17, 15) is 0 Å². The van der Waals surface area contributed by atoms with Gasteiger partial charge in [-0.05, 0) is 12.1 Å². The molecule has 0 aliphatic carbocycles. The van der Waals surface area contributed by atoms with Crippen molar-refractivity contribution in [3.05, 3.63) is 77.6 Å². The van der Waals surface area contributed by atoms with E-state index in [4.69, 9.17) is 9.47 Å². The van der Waals surface area contributed by atoms with Gasteiger partial charge in [-0.2, -0.15) is 5.10 Å². The second kappa shape index (κ2) is 7.22. The molecule has 26 heavy (non-hydrogen) atoms. The van der Waals surface area contributed by atoms with Crippen molar-refractivity contribution < 1.29 is 9.47 Å². The number of hydrogen-bond donors (Lipinski definition) is 0. The summed E-state index contributed by atoms with van der Waals surface area (Å²) in [4.78, 5) is 2.40. The van der Waals surface area contributed by atoms with E-state index in [0.29, 0.717) is 0 Å². The van der Waals surface area contributed by atoms with Crippen LogP contribution < -0.4 is 9.47 Å². The van der Waals surface area contributed by atoms with Crippen LogP contribution in [0, 0.1) is 0 Å². The average Bonchev–Trinajstić information content (AvgIpc) is 2.97. The van der Waals surface area contributed by atoms with Gasteiger partial charge in [-0.3, -0.25) is 9.58 Å². The van der Waals surface area contributed by atoms with E-state index in [1.54, 1.807) is 7.11 Å². The van der Waals surface area contributed by atoms with E-state index in [1.165, 1.54) is 11.1 Å². The Balaban J connectivity index is 1.68. The summed E-state index contributed by atoms with van der Waals surface area (Å²) < 4.78 is 13.8. The fraction of sp³-hybridized carbons (Fsp3) is 0.286. The first-order chi connectivity index (χ1) is 12.7. The van der Waals surface area contributed by atoms with E-state index in [2.05, 4.69) is 34.4 Å². The second-order valence-electron chi connectivity index (χ2n) is 6.65. The molecule has 5 nitrogen and oxygen atoms in total. The lowest BCUT2D eigenvalue weighted by Crippen LogP contribution is -2.28. The topological polar surface area (TPSA) is 39.5 Å². The lowest BCUT2D eigenvalue weighted by atomic mass is 10.1. The number of rotatable bonds is 4. The van der Waals surface area contributed by atoms with Gasteiger partial charge in [-0.15, -0.1) is 0 Å². The summed E-state index contributed by atoms with van der Waals surface area (Å²) in [5, 5.41) is 4.29. The van der Waals surface area contributed by atoms with E-state index >= 15 is 0 Å². The number of ether oxygens (including phenoxy) is 2. The molecule has 1 aromatic heterocycles. The summed E-state index contributed by atoms with van der Waals surface area (Å²) >= 11 is 0. The summed E-state index contributed by atoms with van der Waals surface area (Å²) in [6.07, 6.45) is 3.90. The molecule has 4 rings (SSSR count). The fourth-order valence-corrected chi connectivity index (χ4v) is 3.51. The predicted octanol–water partition coefficient (Wildman–Crippen LogP) is 3.56. The zero-order valence-corrected chi connectivity index (χ0v) is 15.1. The van der Waals surface area contributed by atoms with E-state index < -0.39 is 0 Å². The first-order valence-electron chi connectivity index (χ1n) is 8.80. The van der Waals surface area contributed by atoms with E-state index in [0.717, 1.165) is 36.7 Å². The van der Waals surface area contributed by atoms with Crippen molar-refractivity contribution in [2.24, 2.45) is 7.05 Å². The highest BCUT2D eigenvalue weighted by atomic mass is 16.5. The third-order valence-electron chi connectivity index (χ3n) is 4.71. The minimum absolute atomic E-state index is 0.0912. The molecule has 1 aliphatic heterocycles. The molecular formula is C21H23N3O2. The molecule has 0 fully saturated rings. The molecule has 0 spiro atoms. The lowest BCUT2D eigenvalue weighted by molar-refractivity contribution is 0.141. The molecule has 0 bridgehead atoms. The van der Waals surface area contributed by atoms with Gasteiger partial charge in [0.1, 0.15) is 17.6 Å². The van der Waals surface area contributed by atoms with Crippen LogP contribution in [0.25, 0.3) is 0 Å². The standard InChI is InChI=1S/C21H23N3O2/c1-23-12-16(11-22-23)13-24-14-17-7-3-5-9-19(17)26-21(15-24)18-8-4-6-10-20(18)25-2/h3-12,21H,13-15H2,1-2H3/t21-/m0/s1. The van der Waals surface area contributed by atoms with Crippen molar-refractivity contribution >= 4 is 0 Å². The Morgan fingerprint density at radius 1 is 1.15 bits per heavy atom. The number of para-hydroxylation sites is 2. The fourth-order valence-electron chi connectivity index (χ4n) is 3.51. The molecule has 0 saturated carbocycles. The van der Waals surface area contributed by atoms with Crippen LogP contribution in [-0.4, -0.2) is 28.3 Å². The number of hydrogen-bond acceptors (Lipinski definition) is 4. The van der Waals surface area contributed by atoms with Crippen LogP contribution in [0.2, 0.25) is 0 Å². The Kier molecular flexibility index (Phi) is 4.63. The Morgan fingerprint density at radius 2 is 1.96 bits per heavy atom. The molecular weight excluding hydrogens is 326 g/mol. The van der Waals surface area contributed by atoms with Crippen molar-refractivity contribution in [1.82, 2.24) is 14.7 Å². The molecule has 2 heterocycles. The summed E-state index contributed by atoms with van der Waals surface area (Å²) in [6, 6.07) is 16.4. The van der Waals surface area contributed by atoms with Crippen molar-refractivity contribution in [1.29, 1.82) is 0 Å². The van der Waals surface area contributed by atoms with E-state index in [-0.39, 0.29) is 6.10 Å². The van der Waals surface area contributed by atoms with Crippen LogP contribution in [0.4, 0.5) is 0 Å². The number of fused-ring (bicyclic) bond motifs is 1. The zero-order valence-electron chi connectivity index (χ0n) is 15.1. The molecule has 5 heteroatoms. The number of aryl methyl sites for hydroxylation is 1. The molecule has 0 saturated heterocycles. The predicted molar refractivity (Wildman–Crippen MR) is 100 cm³/mol. The van der Waals surface area contributed by atoms with E-state index in [1.807, 2.05) is 48.3 Å². The second-order valence-corrected chi connectivity index (χ2v) is 6.65. The smallest absolute Gasteiger partial charge is 0.140 e. The highest BCUT2D eigenvalue weighted by molar-refractivity contribution is 5.39. The minimum Gasteiger partial charge on any atom is -0.496 e. The maximum atomic E-state index is 6.42. The van der Waals surface area contributed by atoms with Crippen molar-refractivity contribution in [2.75, 3.05) is 13.7 Å². The first kappa shape index (κ1) is 16.7. The summed E-state index contributed by atoms with van der Waals surface area (Å²) in [6.45, 7) is 2.46. The quantitative estimate of drug-likeness (QED) is 0.722. The van der Waals surface area contributed by atoms with Crippen LogP contribution in [0.15, 0.2) is 60.9 Å². The Bertz CT molecular complexity index is 890. The molecule has 2 aromatic carbocycles. The average molecular weight is 349 g/mol. The van der Waals surface area contributed by atoms with Gasteiger partial charge in [0.25, 0.3) is 0 Å². The number of methoxy groups -OCH3 is 1. The van der Waals surface area contributed by atoms with Gasteiger partial charge in [0.15, 0.2) is 0 Å². The molecule has 134 valence electrons. The molecule has 0 N–H and O–H groups in total. The number of benzene rings is 2. The highest BCUT2D eigenvalue weighted by Gasteiger charge is 2.26. The van der Waals surface area contributed by atoms with Crippen LogP contribution in [0.3, 0.4) is 0 Å².